The standard InChI is InChI=1S/C13H16O2/c1-9(15-2)13(14)12-8-11(12)10-6-4-3-5-7-10/h3-7,9,11-12H,8H2,1-2H3. The largest absolute Gasteiger partial charge is 0.374 e. The van der Waals surface area contributed by atoms with E-state index in [-0.39, 0.29) is 17.8 Å². The highest BCUT2D eigenvalue weighted by atomic mass is 16.5. The SMILES string of the molecule is COC(C)C(=O)C1CC1c1ccccc1. The molecule has 3 unspecified atom stereocenters. The van der Waals surface area contributed by atoms with E-state index in [1.807, 2.05) is 25.1 Å². The number of benzene rings is 1. The predicted octanol–water partition coefficient (Wildman–Crippen LogP) is 2.39. The Kier molecular flexibility index (Phi) is 2.87. The van der Waals surface area contributed by atoms with Crippen LogP contribution in [0.5, 0.6) is 0 Å². The Morgan fingerprint density at radius 2 is 2.07 bits per heavy atom. The van der Waals surface area contributed by atoms with Gasteiger partial charge in [-0.25, -0.2) is 0 Å². The van der Waals surface area contributed by atoms with Crippen molar-refractivity contribution in [1.29, 1.82) is 0 Å². The third kappa shape index (κ3) is 2.10. The van der Waals surface area contributed by atoms with Crippen LogP contribution in [-0.4, -0.2) is 19.0 Å². The summed E-state index contributed by atoms with van der Waals surface area (Å²) in [6, 6.07) is 10.2. The molecule has 1 aromatic carbocycles. The van der Waals surface area contributed by atoms with Crippen LogP contribution in [-0.2, 0) is 9.53 Å². The van der Waals surface area contributed by atoms with Gasteiger partial charge in [-0.15, -0.1) is 0 Å². The second kappa shape index (κ2) is 4.15. The van der Waals surface area contributed by atoms with Gasteiger partial charge in [-0.1, -0.05) is 30.3 Å². The fraction of sp³-hybridized carbons (Fsp3) is 0.462. The van der Waals surface area contributed by atoms with Crippen LogP contribution in [0.1, 0.15) is 24.8 Å². The topological polar surface area (TPSA) is 26.3 Å². The minimum Gasteiger partial charge on any atom is -0.374 e. The summed E-state index contributed by atoms with van der Waals surface area (Å²) in [6.45, 7) is 1.82. The van der Waals surface area contributed by atoms with Gasteiger partial charge < -0.3 is 4.74 Å². The number of rotatable bonds is 4. The van der Waals surface area contributed by atoms with E-state index in [1.165, 1.54) is 5.56 Å². The number of carbonyl (C=O) groups excluding carboxylic acids is 1. The highest BCUT2D eigenvalue weighted by molar-refractivity contribution is 5.88. The minimum atomic E-state index is -0.260. The summed E-state index contributed by atoms with van der Waals surface area (Å²) >= 11 is 0. The van der Waals surface area contributed by atoms with Gasteiger partial charge in [0.25, 0.3) is 0 Å². The maximum absolute atomic E-state index is 11.8. The highest BCUT2D eigenvalue weighted by Gasteiger charge is 2.45. The van der Waals surface area contributed by atoms with Crippen molar-refractivity contribution in [1.82, 2.24) is 0 Å². The number of methoxy groups -OCH3 is 1. The van der Waals surface area contributed by atoms with Crippen molar-refractivity contribution in [2.24, 2.45) is 5.92 Å². The Morgan fingerprint density at radius 1 is 1.40 bits per heavy atom. The average molecular weight is 204 g/mol. The molecule has 3 atom stereocenters. The van der Waals surface area contributed by atoms with Crippen LogP contribution >= 0.6 is 0 Å². The minimum absolute atomic E-state index is 0.183. The molecule has 0 bridgehead atoms. The molecule has 2 rings (SSSR count). The third-order valence-corrected chi connectivity index (χ3v) is 3.14. The summed E-state index contributed by atoms with van der Waals surface area (Å²) in [5, 5.41) is 0. The van der Waals surface area contributed by atoms with Crippen LogP contribution < -0.4 is 0 Å². The fourth-order valence-corrected chi connectivity index (χ4v) is 2.00. The van der Waals surface area contributed by atoms with Crippen molar-refractivity contribution in [3.05, 3.63) is 35.9 Å². The quantitative estimate of drug-likeness (QED) is 0.752. The molecule has 15 heavy (non-hydrogen) atoms. The molecule has 1 aliphatic carbocycles. The Balaban J connectivity index is 2.00. The van der Waals surface area contributed by atoms with Gasteiger partial charge in [0.1, 0.15) is 6.10 Å². The predicted molar refractivity (Wildman–Crippen MR) is 58.8 cm³/mol. The molecule has 0 radical (unpaired) electrons. The van der Waals surface area contributed by atoms with Crippen molar-refractivity contribution in [2.75, 3.05) is 7.11 Å². The van der Waals surface area contributed by atoms with Crippen LogP contribution in [0.15, 0.2) is 30.3 Å². The summed E-state index contributed by atoms with van der Waals surface area (Å²) in [5.41, 5.74) is 1.28. The van der Waals surface area contributed by atoms with E-state index in [1.54, 1.807) is 7.11 Å². The van der Waals surface area contributed by atoms with Crippen LogP contribution in [0.3, 0.4) is 0 Å². The number of Topliss-reactive ketones (excluding diaryl/α,β-unsaturated/α-hetero) is 1. The number of hydrogen-bond donors (Lipinski definition) is 0. The van der Waals surface area contributed by atoms with E-state index in [4.69, 9.17) is 4.74 Å². The smallest absolute Gasteiger partial charge is 0.164 e. The Bertz CT molecular complexity index is 345. The lowest BCUT2D eigenvalue weighted by Crippen LogP contribution is -2.21. The Morgan fingerprint density at radius 3 is 2.67 bits per heavy atom. The van der Waals surface area contributed by atoms with Crippen molar-refractivity contribution in [3.63, 3.8) is 0 Å². The van der Waals surface area contributed by atoms with Gasteiger partial charge in [-0.2, -0.15) is 0 Å². The molecule has 1 saturated carbocycles. The zero-order chi connectivity index (χ0) is 10.8. The first kappa shape index (κ1) is 10.4. The van der Waals surface area contributed by atoms with Gasteiger partial charge in [0.2, 0.25) is 0 Å². The van der Waals surface area contributed by atoms with Crippen LogP contribution in [0.25, 0.3) is 0 Å². The van der Waals surface area contributed by atoms with Crippen molar-refractivity contribution < 1.29 is 9.53 Å². The van der Waals surface area contributed by atoms with E-state index in [0.29, 0.717) is 5.92 Å². The zero-order valence-corrected chi connectivity index (χ0v) is 9.14. The molecular weight excluding hydrogens is 188 g/mol. The first-order chi connectivity index (χ1) is 7.24. The zero-order valence-electron chi connectivity index (χ0n) is 9.14. The number of ketones is 1. The highest BCUT2D eigenvalue weighted by Crippen LogP contribution is 2.48. The van der Waals surface area contributed by atoms with E-state index >= 15 is 0 Å². The molecule has 1 aliphatic rings. The average Bonchev–Trinajstić information content (AvgIpc) is 3.08. The van der Waals surface area contributed by atoms with Gasteiger partial charge in [0.15, 0.2) is 5.78 Å². The lowest BCUT2D eigenvalue weighted by Gasteiger charge is -2.07. The summed E-state index contributed by atoms with van der Waals surface area (Å²) in [4.78, 5) is 11.8. The van der Waals surface area contributed by atoms with Gasteiger partial charge in [-0.3, -0.25) is 4.79 Å². The summed E-state index contributed by atoms with van der Waals surface area (Å²) in [5.74, 6) is 0.852. The molecule has 0 aromatic heterocycles. The van der Waals surface area contributed by atoms with Crippen molar-refractivity contribution in [2.45, 2.75) is 25.4 Å². The molecule has 2 nitrogen and oxygen atoms in total. The van der Waals surface area contributed by atoms with E-state index in [2.05, 4.69) is 12.1 Å². The molecule has 0 spiro atoms. The molecule has 2 heteroatoms. The maximum Gasteiger partial charge on any atom is 0.164 e. The fourth-order valence-electron chi connectivity index (χ4n) is 2.00. The summed E-state index contributed by atoms with van der Waals surface area (Å²) < 4.78 is 5.05. The van der Waals surface area contributed by atoms with Gasteiger partial charge in [0, 0.05) is 13.0 Å². The summed E-state index contributed by atoms with van der Waals surface area (Å²) in [7, 11) is 1.59. The molecule has 1 aromatic rings. The van der Waals surface area contributed by atoms with Crippen LogP contribution in [0.2, 0.25) is 0 Å². The monoisotopic (exact) mass is 204 g/mol. The van der Waals surface area contributed by atoms with Crippen molar-refractivity contribution >= 4 is 5.78 Å². The molecule has 0 amide bonds. The third-order valence-electron chi connectivity index (χ3n) is 3.14. The molecule has 80 valence electrons. The first-order valence-electron chi connectivity index (χ1n) is 5.35. The maximum atomic E-state index is 11.8. The molecule has 0 heterocycles. The van der Waals surface area contributed by atoms with Crippen LogP contribution in [0.4, 0.5) is 0 Å². The number of hydrogen-bond acceptors (Lipinski definition) is 2. The van der Waals surface area contributed by atoms with E-state index in [9.17, 15) is 4.79 Å². The van der Waals surface area contributed by atoms with Crippen LogP contribution in [0, 0.1) is 5.92 Å². The molecule has 1 fully saturated rings. The number of ether oxygens (including phenoxy) is 1. The van der Waals surface area contributed by atoms with Crippen molar-refractivity contribution in [3.8, 4) is 0 Å². The van der Waals surface area contributed by atoms with Gasteiger partial charge in [0.05, 0.1) is 0 Å². The summed E-state index contributed by atoms with van der Waals surface area (Å²) in [6.07, 6.45) is 0.722. The Hall–Kier alpha value is -1.15. The normalized spacial score (nSPS) is 26.0. The second-order valence-corrected chi connectivity index (χ2v) is 4.14. The van der Waals surface area contributed by atoms with Gasteiger partial charge >= 0.3 is 0 Å². The Labute approximate surface area is 90.3 Å². The lowest BCUT2D eigenvalue weighted by molar-refractivity contribution is -0.129. The van der Waals surface area contributed by atoms with E-state index < -0.39 is 0 Å². The number of carbonyl (C=O) groups is 1. The lowest BCUT2D eigenvalue weighted by atomic mass is 10.1. The molecule has 0 N–H and O–H groups in total. The first-order valence-corrected chi connectivity index (χ1v) is 5.35. The molecule has 0 saturated heterocycles. The van der Waals surface area contributed by atoms with E-state index in [0.717, 1.165) is 6.42 Å². The molecular formula is C13H16O2. The van der Waals surface area contributed by atoms with Gasteiger partial charge in [-0.05, 0) is 24.8 Å². The molecule has 0 aliphatic heterocycles. The second-order valence-electron chi connectivity index (χ2n) is 4.14.